The minimum atomic E-state index is -2.01. The molecule has 0 fully saturated rings. The van der Waals surface area contributed by atoms with Gasteiger partial charge in [0.15, 0.2) is 11.5 Å². The van der Waals surface area contributed by atoms with Gasteiger partial charge in [-0.2, -0.15) is 5.26 Å². The predicted octanol–water partition coefficient (Wildman–Crippen LogP) is 5.20. The Bertz CT molecular complexity index is 1260. The van der Waals surface area contributed by atoms with Crippen LogP contribution in [0.5, 0.6) is 5.75 Å². The summed E-state index contributed by atoms with van der Waals surface area (Å²) in [4.78, 5) is 4.88. The van der Waals surface area contributed by atoms with Gasteiger partial charge in [-0.3, -0.25) is 4.40 Å². The molecule has 0 atom stereocenters. The molecule has 0 radical (unpaired) electrons. The first-order valence-electron chi connectivity index (χ1n) is 9.54. The maximum absolute atomic E-state index is 9.22. The number of hydrogen-bond acceptors (Lipinski definition) is 5. The zero-order chi connectivity index (χ0) is 20.8. The average Bonchev–Trinajstić information content (AvgIpc) is 3.10. The van der Waals surface area contributed by atoms with Crippen molar-refractivity contribution in [1.29, 1.82) is 5.26 Å². The standard InChI is InChI=1S/C22H23N5OSi/c1-22(2,3)29(4,5)28-18-8-6-7-16-10-11-17(24-20(16)18)21-26-25-19-12-9-15(13-23)14-27(19)21/h6-12,14H,1-5H3. The van der Waals surface area contributed by atoms with E-state index < -0.39 is 8.32 Å². The van der Waals surface area contributed by atoms with Crippen LogP contribution in [0.25, 0.3) is 28.1 Å². The van der Waals surface area contributed by atoms with Crippen LogP contribution in [0.3, 0.4) is 0 Å². The summed E-state index contributed by atoms with van der Waals surface area (Å²) in [5.41, 5.74) is 2.71. The number of benzene rings is 1. The van der Waals surface area contributed by atoms with Crippen molar-refractivity contribution >= 4 is 24.9 Å². The van der Waals surface area contributed by atoms with Gasteiger partial charge in [-0.25, -0.2) is 4.98 Å². The first-order chi connectivity index (χ1) is 13.7. The zero-order valence-electron chi connectivity index (χ0n) is 17.3. The molecule has 0 saturated heterocycles. The van der Waals surface area contributed by atoms with Gasteiger partial charge in [0.25, 0.3) is 8.32 Å². The van der Waals surface area contributed by atoms with E-state index in [1.54, 1.807) is 22.7 Å². The Morgan fingerprint density at radius 3 is 2.55 bits per heavy atom. The van der Waals surface area contributed by atoms with Crippen molar-refractivity contribution < 1.29 is 4.43 Å². The van der Waals surface area contributed by atoms with E-state index in [0.29, 0.717) is 22.7 Å². The van der Waals surface area contributed by atoms with E-state index in [1.165, 1.54) is 0 Å². The Balaban J connectivity index is 1.86. The van der Waals surface area contributed by atoms with Crippen molar-refractivity contribution in [2.24, 2.45) is 0 Å². The van der Waals surface area contributed by atoms with Crippen molar-refractivity contribution in [2.45, 2.75) is 38.9 Å². The van der Waals surface area contributed by atoms with Crippen LogP contribution in [0.4, 0.5) is 0 Å². The van der Waals surface area contributed by atoms with Crippen LogP contribution in [0.2, 0.25) is 18.1 Å². The highest BCUT2D eigenvalue weighted by Crippen LogP contribution is 2.39. The molecule has 0 amide bonds. The molecule has 146 valence electrons. The van der Waals surface area contributed by atoms with Crippen LogP contribution < -0.4 is 4.43 Å². The minimum Gasteiger partial charge on any atom is -0.542 e. The molecule has 0 aliphatic rings. The molecular weight excluding hydrogens is 378 g/mol. The van der Waals surface area contributed by atoms with Gasteiger partial charge >= 0.3 is 0 Å². The van der Waals surface area contributed by atoms with E-state index in [4.69, 9.17) is 9.41 Å². The van der Waals surface area contributed by atoms with E-state index in [-0.39, 0.29) is 5.04 Å². The first-order valence-corrected chi connectivity index (χ1v) is 12.4. The topological polar surface area (TPSA) is 76.1 Å². The third-order valence-electron chi connectivity index (χ3n) is 5.62. The minimum absolute atomic E-state index is 0.0870. The lowest BCUT2D eigenvalue weighted by atomic mass is 10.2. The third kappa shape index (κ3) is 3.36. The van der Waals surface area contributed by atoms with Crippen molar-refractivity contribution in [3.05, 3.63) is 54.2 Å². The van der Waals surface area contributed by atoms with Crippen LogP contribution in [0.15, 0.2) is 48.7 Å². The molecule has 3 aromatic heterocycles. The van der Waals surface area contributed by atoms with Gasteiger partial charge in [0, 0.05) is 11.6 Å². The van der Waals surface area contributed by atoms with Crippen molar-refractivity contribution in [3.63, 3.8) is 0 Å². The molecule has 0 unspecified atom stereocenters. The van der Waals surface area contributed by atoms with Gasteiger partial charge in [0.1, 0.15) is 23.0 Å². The van der Waals surface area contributed by atoms with Gasteiger partial charge in [-0.05, 0) is 42.4 Å². The van der Waals surface area contributed by atoms with Gasteiger partial charge in [0.05, 0.1) is 5.56 Å². The van der Waals surface area contributed by atoms with Crippen LogP contribution >= 0.6 is 0 Å². The highest BCUT2D eigenvalue weighted by molar-refractivity contribution is 6.74. The monoisotopic (exact) mass is 401 g/mol. The summed E-state index contributed by atoms with van der Waals surface area (Å²) in [6, 6.07) is 15.6. The second-order valence-electron chi connectivity index (χ2n) is 8.67. The van der Waals surface area contributed by atoms with E-state index >= 15 is 0 Å². The molecule has 1 aromatic carbocycles. The average molecular weight is 402 g/mol. The highest BCUT2D eigenvalue weighted by Gasteiger charge is 2.39. The summed E-state index contributed by atoms with van der Waals surface area (Å²) in [5.74, 6) is 1.39. The summed E-state index contributed by atoms with van der Waals surface area (Å²) in [5, 5.41) is 18.8. The SMILES string of the molecule is CC(C)(C)[Si](C)(C)Oc1cccc2ccc(-c3nnc4ccc(C#N)cn34)nc12. The molecule has 7 heteroatoms. The molecule has 0 bridgehead atoms. The first kappa shape index (κ1) is 19.1. The van der Waals surface area contributed by atoms with E-state index in [9.17, 15) is 5.26 Å². The fourth-order valence-electron chi connectivity index (χ4n) is 2.89. The van der Waals surface area contributed by atoms with Crippen LogP contribution in [-0.2, 0) is 0 Å². The molecule has 4 aromatic rings. The number of hydrogen-bond donors (Lipinski definition) is 0. The van der Waals surface area contributed by atoms with E-state index in [2.05, 4.69) is 50.1 Å². The summed E-state index contributed by atoms with van der Waals surface area (Å²) in [6.45, 7) is 11.1. The summed E-state index contributed by atoms with van der Waals surface area (Å²) < 4.78 is 8.36. The lowest BCUT2D eigenvalue weighted by molar-refractivity contribution is 0.495. The largest absolute Gasteiger partial charge is 0.542 e. The summed E-state index contributed by atoms with van der Waals surface area (Å²) in [7, 11) is -2.01. The van der Waals surface area contributed by atoms with Gasteiger partial charge in [0.2, 0.25) is 0 Å². The van der Waals surface area contributed by atoms with Gasteiger partial charge < -0.3 is 4.43 Å². The second-order valence-corrected chi connectivity index (χ2v) is 13.4. The second kappa shape index (κ2) is 6.67. The van der Waals surface area contributed by atoms with E-state index in [0.717, 1.165) is 16.7 Å². The number of nitrogens with zero attached hydrogens (tertiary/aromatic N) is 5. The maximum Gasteiger partial charge on any atom is 0.250 e. The smallest absolute Gasteiger partial charge is 0.250 e. The van der Waals surface area contributed by atoms with Crippen LogP contribution in [-0.4, -0.2) is 27.9 Å². The number of aromatic nitrogens is 4. The molecule has 4 rings (SSSR count). The van der Waals surface area contributed by atoms with Gasteiger partial charge in [-0.1, -0.05) is 39.0 Å². The van der Waals surface area contributed by atoms with Crippen molar-refractivity contribution in [1.82, 2.24) is 19.6 Å². The normalized spacial score (nSPS) is 12.3. The molecule has 3 heterocycles. The Kier molecular flexibility index (Phi) is 4.39. The Morgan fingerprint density at radius 1 is 1.03 bits per heavy atom. The van der Waals surface area contributed by atoms with Crippen molar-refractivity contribution in [2.75, 3.05) is 0 Å². The molecule has 29 heavy (non-hydrogen) atoms. The number of para-hydroxylation sites is 1. The number of rotatable bonds is 3. The predicted molar refractivity (Wildman–Crippen MR) is 116 cm³/mol. The summed E-state index contributed by atoms with van der Waals surface area (Å²) in [6.07, 6.45) is 1.73. The maximum atomic E-state index is 9.22. The zero-order valence-corrected chi connectivity index (χ0v) is 18.3. The lowest BCUT2D eigenvalue weighted by Gasteiger charge is -2.36. The highest BCUT2D eigenvalue weighted by atomic mass is 28.4. The molecule has 0 aliphatic heterocycles. The van der Waals surface area contributed by atoms with Crippen molar-refractivity contribution in [3.8, 4) is 23.3 Å². The molecule has 0 aliphatic carbocycles. The Morgan fingerprint density at radius 2 is 1.83 bits per heavy atom. The molecule has 6 nitrogen and oxygen atoms in total. The third-order valence-corrected chi connectivity index (χ3v) is 9.96. The fraction of sp³-hybridized carbons (Fsp3) is 0.273. The van der Waals surface area contributed by atoms with Crippen LogP contribution in [0.1, 0.15) is 26.3 Å². The van der Waals surface area contributed by atoms with Crippen LogP contribution in [0, 0.1) is 11.3 Å². The number of pyridine rings is 2. The molecular formula is C22H23N5OSi. The number of nitriles is 1. The molecule has 0 spiro atoms. The quantitative estimate of drug-likeness (QED) is 0.441. The lowest BCUT2D eigenvalue weighted by Crippen LogP contribution is -2.43. The Hall–Kier alpha value is -3.24. The van der Waals surface area contributed by atoms with Gasteiger partial charge in [-0.15, -0.1) is 10.2 Å². The Labute approximate surface area is 170 Å². The van der Waals surface area contributed by atoms with E-state index in [1.807, 2.05) is 30.3 Å². The summed E-state index contributed by atoms with van der Waals surface area (Å²) >= 11 is 0. The molecule has 0 saturated carbocycles. The molecule has 0 N–H and O–H groups in total. The number of fused-ring (bicyclic) bond motifs is 2. The fourth-order valence-corrected chi connectivity index (χ4v) is 3.91.